The molecular weight excluding hydrogens is 508 g/mol. The monoisotopic (exact) mass is 558 g/mol. The molecule has 6 rings (SSSR count). The Labute approximate surface area is 254 Å². The minimum Gasteiger partial charge on any atom is -0.318 e. The maximum atomic E-state index is 2.44. The summed E-state index contributed by atoms with van der Waals surface area (Å²) >= 11 is 0. The van der Waals surface area contributed by atoms with Crippen LogP contribution in [-0.2, 0) is 0 Å². The first kappa shape index (κ1) is 28.9. The first-order valence-electron chi connectivity index (χ1n) is 16.4. The van der Waals surface area contributed by atoms with E-state index in [1.165, 1.54) is 109 Å². The molecule has 0 heterocycles. The van der Waals surface area contributed by atoms with Crippen LogP contribution in [0.5, 0.6) is 0 Å². The third-order valence-electron chi connectivity index (χ3n) is 10.2. The molecule has 0 amide bonds. The summed E-state index contributed by atoms with van der Waals surface area (Å²) in [6.45, 7) is 2.46. The van der Waals surface area contributed by atoms with Crippen molar-refractivity contribution in [3.63, 3.8) is 0 Å². The Kier molecular flexibility index (Phi) is 8.39. The lowest BCUT2D eigenvalue weighted by Gasteiger charge is -2.37. The second-order valence-corrected chi connectivity index (χ2v) is 14.0. The highest BCUT2D eigenvalue weighted by molar-refractivity contribution is 5.78. The van der Waals surface area contributed by atoms with E-state index in [-0.39, 0.29) is 0 Å². The summed E-state index contributed by atoms with van der Waals surface area (Å²) in [4.78, 5) is 0. The fourth-order valence-corrected chi connectivity index (χ4v) is 8.12. The maximum Gasteiger partial charge on any atom is 0.141 e. The molecule has 0 aliphatic heterocycles. The lowest BCUT2D eigenvalue weighted by Crippen LogP contribution is -2.43. The van der Waals surface area contributed by atoms with Gasteiger partial charge in [-0.25, -0.2) is 0 Å². The van der Waals surface area contributed by atoms with Crippen molar-refractivity contribution in [3.8, 4) is 22.3 Å². The van der Waals surface area contributed by atoms with E-state index in [0.29, 0.717) is 12.1 Å². The molecule has 4 aromatic carbocycles. The number of hydrogen-bond donors (Lipinski definition) is 0. The van der Waals surface area contributed by atoms with Gasteiger partial charge in [-0.05, 0) is 47.9 Å². The molecule has 0 saturated heterocycles. The highest BCUT2D eigenvalue weighted by atomic mass is 15.3. The standard InChI is InChI=1S/C40H50N2/c1-41(2,39-35-25-15-11-21-31(35)32-22-12-16-26-36(32)39)29-19-9-7-5-6-8-10-20-30-42(3,4)40-37-27-17-13-23-33(37)34-24-14-18-28-38(34)40/h11-18,21-28,39-40H,5-10,19-20,29-30H2,1-4H3/q+2. The van der Waals surface area contributed by atoms with Crippen molar-refractivity contribution in [2.75, 3.05) is 41.3 Å². The summed E-state index contributed by atoms with van der Waals surface area (Å²) in [5.41, 5.74) is 11.8. The molecule has 218 valence electrons. The number of quaternary nitrogens is 2. The van der Waals surface area contributed by atoms with E-state index in [4.69, 9.17) is 0 Å². The normalized spacial score (nSPS) is 14.5. The largest absolute Gasteiger partial charge is 0.318 e. The summed E-state index contributed by atoms with van der Waals surface area (Å²) in [7, 11) is 9.75. The fraction of sp³-hybridized carbons (Fsp3) is 0.400. The molecule has 2 heteroatoms. The summed E-state index contributed by atoms with van der Waals surface area (Å²) in [6, 6.07) is 37.1. The van der Waals surface area contributed by atoms with E-state index in [9.17, 15) is 0 Å². The smallest absolute Gasteiger partial charge is 0.141 e. The van der Waals surface area contributed by atoms with Crippen molar-refractivity contribution in [2.45, 2.75) is 63.5 Å². The molecule has 42 heavy (non-hydrogen) atoms. The van der Waals surface area contributed by atoms with Crippen molar-refractivity contribution in [3.05, 3.63) is 119 Å². The molecular formula is C40H50N2+2. The second-order valence-electron chi connectivity index (χ2n) is 14.0. The summed E-state index contributed by atoms with van der Waals surface area (Å²) in [6.07, 6.45) is 10.8. The van der Waals surface area contributed by atoms with Crippen LogP contribution in [0.4, 0.5) is 0 Å². The number of rotatable bonds is 13. The van der Waals surface area contributed by atoms with Gasteiger partial charge in [-0.15, -0.1) is 0 Å². The lowest BCUT2D eigenvalue weighted by molar-refractivity contribution is -0.915. The average molecular weight is 559 g/mol. The van der Waals surface area contributed by atoms with Crippen LogP contribution in [-0.4, -0.2) is 50.2 Å². The van der Waals surface area contributed by atoms with Crippen LogP contribution in [0.2, 0.25) is 0 Å². The van der Waals surface area contributed by atoms with Crippen molar-refractivity contribution >= 4 is 0 Å². The molecule has 0 bridgehead atoms. The number of hydrogen-bond acceptors (Lipinski definition) is 0. The maximum absolute atomic E-state index is 2.44. The van der Waals surface area contributed by atoms with E-state index >= 15 is 0 Å². The Bertz CT molecular complexity index is 1310. The van der Waals surface area contributed by atoms with Gasteiger partial charge in [0, 0.05) is 22.3 Å². The Hall–Kier alpha value is -3.20. The van der Waals surface area contributed by atoms with Gasteiger partial charge in [0.15, 0.2) is 0 Å². The zero-order valence-electron chi connectivity index (χ0n) is 26.4. The Morgan fingerprint density at radius 3 is 0.881 bits per heavy atom. The lowest BCUT2D eigenvalue weighted by atomic mass is 10.0. The van der Waals surface area contributed by atoms with E-state index in [2.05, 4.69) is 125 Å². The molecule has 4 aromatic rings. The van der Waals surface area contributed by atoms with Crippen LogP contribution in [0.15, 0.2) is 97.1 Å². The third kappa shape index (κ3) is 5.60. The molecule has 0 fully saturated rings. The minimum atomic E-state index is 0.450. The molecule has 0 saturated carbocycles. The van der Waals surface area contributed by atoms with E-state index in [0.717, 1.165) is 8.97 Å². The predicted molar refractivity (Wildman–Crippen MR) is 178 cm³/mol. The summed E-state index contributed by atoms with van der Waals surface area (Å²) < 4.78 is 2.08. The first-order valence-corrected chi connectivity index (χ1v) is 16.4. The predicted octanol–water partition coefficient (Wildman–Crippen LogP) is 9.80. The zero-order chi connectivity index (χ0) is 29.2. The molecule has 0 N–H and O–H groups in total. The van der Waals surface area contributed by atoms with Crippen LogP contribution in [0.1, 0.15) is 85.7 Å². The van der Waals surface area contributed by atoms with Crippen molar-refractivity contribution in [1.82, 2.24) is 0 Å². The van der Waals surface area contributed by atoms with Gasteiger partial charge in [-0.2, -0.15) is 0 Å². The Balaban J connectivity index is 0.916. The van der Waals surface area contributed by atoms with Crippen LogP contribution >= 0.6 is 0 Å². The molecule has 0 radical (unpaired) electrons. The Morgan fingerprint density at radius 2 is 0.595 bits per heavy atom. The second kappa shape index (κ2) is 12.2. The van der Waals surface area contributed by atoms with E-state index < -0.39 is 0 Å². The van der Waals surface area contributed by atoms with Crippen molar-refractivity contribution < 1.29 is 8.97 Å². The Morgan fingerprint density at radius 1 is 0.357 bits per heavy atom. The average Bonchev–Trinajstić information content (AvgIpc) is 3.52. The molecule has 2 aliphatic carbocycles. The summed E-state index contributed by atoms with van der Waals surface area (Å²) in [5.74, 6) is 0. The highest BCUT2D eigenvalue weighted by Gasteiger charge is 2.40. The van der Waals surface area contributed by atoms with E-state index in [1.807, 2.05) is 0 Å². The van der Waals surface area contributed by atoms with Gasteiger partial charge >= 0.3 is 0 Å². The molecule has 0 unspecified atom stereocenters. The fourth-order valence-electron chi connectivity index (χ4n) is 8.12. The first-order chi connectivity index (χ1) is 20.4. The number of nitrogens with zero attached hydrogens (tertiary/aromatic N) is 2. The molecule has 2 nitrogen and oxygen atoms in total. The number of benzene rings is 4. The van der Waals surface area contributed by atoms with Gasteiger partial charge in [0.25, 0.3) is 0 Å². The number of unbranched alkanes of at least 4 members (excludes halogenated alkanes) is 7. The van der Waals surface area contributed by atoms with Crippen LogP contribution in [0, 0.1) is 0 Å². The number of fused-ring (bicyclic) bond motifs is 6. The molecule has 0 atom stereocenters. The van der Waals surface area contributed by atoms with E-state index in [1.54, 1.807) is 0 Å². The third-order valence-corrected chi connectivity index (χ3v) is 10.2. The van der Waals surface area contributed by atoms with Gasteiger partial charge in [-0.1, -0.05) is 123 Å². The van der Waals surface area contributed by atoms with Gasteiger partial charge < -0.3 is 8.97 Å². The molecule has 0 spiro atoms. The SMILES string of the molecule is C[N+](C)(CCCCCCCCCC[N+](C)(C)C1c2ccccc2-c2ccccc21)C1c2ccccc2-c2ccccc21. The quantitative estimate of drug-likeness (QED) is 0.113. The van der Waals surface area contributed by atoms with Crippen LogP contribution in [0.3, 0.4) is 0 Å². The summed E-state index contributed by atoms with van der Waals surface area (Å²) in [5, 5.41) is 0. The molecule has 0 aromatic heterocycles. The topological polar surface area (TPSA) is 0 Å². The van der Waals surface area contributed by atoms with Gasteiger partial charge in [-0.3, -0.25) is 0 Å². The zero-order valence-corrected chi connectivity index (χ0v) is 26.4. The van der Waals surface area contributed by atoms with Crippen LogP contribution in [0.25, 0.3) is 22.3 Å². The highest BCUT2D eigenvalue weighted by Crippen LogP contribution is 2.49. The van der Waals surface area contributed by atoms with Gasteiger partial charge in [0.2, 0.25) is 0 Å². The molecule has 2 aliphatic rings. The van der Waals surface area contributed by atoms with Crippen molar-refractivity contribution in [1.29, 1.82) is 0 Å². The van der Waals surface area contributed by atoms with Gasteiger partial charge in [0.05, 0.1) is 41.3 Å². The minimum absolute atomic E-state index is 0.450. The van der Waals surface area contributed by atoms with Gasteiger partial charge in [0.1, 0.15) is 12.1 Å². The van der Waals surface area contributed by atoms with Crippen LogP contribution < -0.4 is 0 Å². The van der Waals surface area contributed by atoms with Crippen molar-refractivity contribution in [2.24, 2.45) is 0 Å².